The Morgan fingerprint density at radius 2 is 1.89 bits per heavy atom. The fourth-order valence-corrected chi connectivity index (χ4v) is 2.59. The smallest absolute Gasteiger partial charge is 0.267 e. The van der Waals surface area contributed by atoms with Crippen molar-refractivity contribution in [2.24, 2.45) is 0 Å². The van der Waals surface area contributed by atoms with Gasteiger partial charge >= 0.3 is 0 Å². The molecule has 2 amide bonds. The van der Waals surface area contributed by atoms with Gasteiger partial charge in [-0.1, -0.05) is 11.6 Å². The molecule has 0 aliphatic rings. The van der Waals surface area contributed by atoms with Gasteiger partial charge in [-0.3, -0.25) is 20.4 Å². The van der Waals surface area contributed by atoms with E-state index in [1.165, 1.54) is 29.7 Å². The Kier molecular flexibility index (Phi) is 4.52. The number of pyridine rings is 1. The summed E-state index contributed by atoms with van der Waals surface area (Å²) in [5, 5.41) is 0.295. The molecule has 5 nitrogen and oxygen atoms in total. The molecule has 0 radical (unpaired) electrons. The topological polar surface area (TPSA) is 71.1 Å². The predicted molar refractivity (Wildman–Crippen MR) is 76.2 cm³/mol. The van der Waals surface area contributed by atoms with Crippen LogP contribution in [0.5, 0.6) is 0 Å². The molecule has 0 atom stereocenters. The van der Waals surface area contributed by atoms with E-state index in [0.717, 1.165) is 3.79 Å². The Balaban J connectivity index is 1.93. The van der Waals surface area contributed by atoms with Crippen molar-refractivity contribution in [3.05, 3.63) is 49.8 Å². The molecule has 0 saturated heterocycles. The van der Waals surface area contributed by atoms with Gasteiger partial charge in [-0.25, -0.2) is 4.98 Å². The van der Waals surface area contributed by atoms with Crippen LogP contribution in [0, 0.1) is 0 Å². The van der Waals surface area contributed by atoms with E-state index >= 15 is 0 Å². The van der Waals surface area contributed by atoms with Crippen LogP contribution in [0.15, 0.2) is 34.2 Å². The highest BCUT2D eigenvalue weighted by atomic mass is 79.9. The highest BCUT2D eigenvalue weighted by Crippen LogP contribution is 2.21. The van der Waals surface area contributed by atoms with Crippen molar-refractivity contribution < 1.29 is 9.59 Å². The van der Waals surface area contributed by atoms with E-state index in [1.54, 1.807) is 12.1 Å². The van der Waals surface area contributed by atoms with Gasteiger partial charge in [0.2, 0.25) is 0 Å². The van der Waals surface area contributed by atoms with E-state index in [9.17, 15) is 9.59 Å². The molecule has 0 saturated carbocycles. The van der Waals surface area contributed by atoms with Crippen LogP contribution in [0.2, 0.25) is 5.15 Å². The van der Waals surface area contributed by atoms with Crippen molar-refractivity contribution in [3.8, 4) is 0 Å². The number of halogens is 2. The Labute approximate surface area is 126 Å². The van der Waals surface area contributed by atoms with Crippen LogP contribution in [-0.2, 0) is 0 Å². The van der Waals surface area contributed by atoms with Gasteiger partial charge in [0.25, 0.3) is 11.8 Å². The summed E-state index contributed by atoms with van der Waals surface area (Å²) in [4.78, 5) is 27.6. The second-order valence-electron chi connectivity index (χ2n) is 3.38. The number of hydrazine groups is 1. The number of carbonyl (C=O) groups is 2. The van der Waals surface area contributed by atoms with Crippen molar-refractivity contribution in [1.82, 2.24) is 15.8 Å². The van der Waals surface area contributed by atoms with E-state index in [0.29, 0.717) is 15.6 Å². The summed E-state index contributed by atoms with van der Waals surface area (Å²) in [6, 6.07) is 6.41. The predicted octanol–water partition coefficient (Wildman–Crippen LogP) is 2.63. The molecule has 2 N–H and O–H groups in total. The number of carbonyl (C=O) groups excluding carboxylic acids is 2. The molecule has 98 valence electrons. The minimum absolute atomic E-state index is 0.295. The third-order valence-electron chi connectivity index (χ3n) is 2.08. The van der Waals surface area contributed by atoms with Crippen molar-refractivity contribution in [2.75, 3.05) is 0 Å². The number of nitrogens with one attached hydrogen (secondary N) is 2. The number of amides is 2. The van der Waals surface area contributed by atoms with Crippen LogP contribution in [-0.4, -0.2) is 16.8 Å². The lowest BCUT2D eigenvalue weighted by Crippen LogP contribution is -2.41. The fraction of sp³-hybridized carbons (Fsp3) is 0. The summed E-state index contributed by atoms with van der Waals surface area (Å²) in [5.74, 6) is -0.848. The van der Waals surface area contributed by atoms with Crippen LogP contribution in [0.3, 0.4) is 0 Å². The number of hydrogen-bond acceptors (Lipinski definition) is 4. The molecular formula is C11H7BrClN3O2S. The number of nitrogens with zero attached hydrogens (tertiary/aromatic N) is 1. The summed E-state index contributed by atoms with van der Waals surface area (Å²) < 4.78 is 0.839. The first kappa shape index (κ1) is 14.0. The zero-order valence-electron chi connectivity index (χ0n) is 9.31. The van der Waals surface area contributed by atoms with Crippen molar-refractivity contribution in [2.45, 2.75) is 0 Å². The molecule has 0 aliphatic carbocycles. The summed E-state index contributed by atoms with van der Waals surface area (Å²) in [6.45, 7) is 0. The quantitative estimate of drug-likeness (QED) is 0.639. The van der Waals surface area contributed by atoms with Crippen LogP contribution < -0.4 is 10.9 Å². The van der Waals surface area contributed by atoms with Crippen molar-refractivity contribution in [3.63, 3.8) is 0 Å². The molecule has 0 aromatic carbocycles. The zero-order chi connectivity index (χ0) is 13.8. The largest absolute Gasteiger partial charge is 0.279 e. The maximum atomic E-state index is 11.7. The lowest BCUT2D eigenvalue weighted by atomic mass is 10.3. The monoisotopic (exact) mass is 359 g/mol. The standard InChI is InChI=1S/C11H7BrClN3O2S/c12-8-3-2-7(19-8)11(18)16-15-10(17)6-1-4-9(13)14-5-6/h1-5H,(H,15,17)(H,16,18). The number of aromatic nitrogens is 1. The maximum Gasteiger partial charge on any atom is 0.279 e. The van der Waals surface area contributed by atoms with Gasteiger partial charge in [0.15, 0.2) is 0 Å². The van der Waals surface area contributed by atoms with Crippen LogP contribution in [0.25, 0.3) is 0 Å². The minimum Gasteiger partial charge on any atom is -0.267 e. The molecule has 2 aromatic heterocycles. The van der Waals surface area contributed by atoms with Gasteiger partial charge in [0.1, 0.15) is 5.15 Å². The fourth-order valence-electron chi connectivity index (χ4n) is 1.19. The molecule has 0 spiro atoms. The van der Waals surface area contributed by atoms with Gasteiger partial charge in [-0.2, -0.15) is 0 Å². The van der Waals surface area contributed by atoms with E-state index in [-0.39, 0.29) is 5.91 Å². The average Bonchev–Trinajstić information content (AvgIpc) is 2.83. The van der Waals surface area contributed by atoms with Crippen molar-refractivity contribution >= 4 is 50.7 Å². The third-order valence-corrected chi connectivity index (χ3v) is 3.92. The second kappa shape index (κ2) is 6.14. The first-order valence-electron chi connectivity index (χ1n) is 5.04. The van der Waals surface area contributed by atoms with Gasteiger partial charge in [-0.15, -0.1) is 11.3 Å². The van der Waals surface area contributed by atoms with E-state index < -0.39 is 5.91 Å². The minimum atomic E-state index is -0.465. The van der Waals surface area contributed by atoms with Crippen molar-refractivity contribution in [1.29, 1.82) is 0 Å². The Hall–Kier alpha value is -1.44. The molecule has 0 fully saturated rings. The van der Waals surface area contributed by atoms with E-state index in [2.05, 4.69) is 31.8 Å². The maximum absolute atomic E-state index is 11.7. The Morgan fingerprint density at radius 1 is 1.16 bits per heavy atom. The highest BCUT2D eigenvalue weighted by Gasteiger charge is 2.11. The first-order valence-corrected chi connectivity index (χ1v) is 7.02. The van der Waals surface area contributed by atoms with Gasteiger partial charge < -0.3 is 0 Å². The number of thiophene rings is 1. The molecule has 2 rings (SSSR count). The summed E-state index contributed by atoms with van der Waals surface area (Å²) in [6.07, 6.45) is 1.32. The highest BCUT2D eigenvalue weighted by molar-refractivity contribution is 9.11. The third kappa shape index (κ3) is 3.76. The van der Waals surface area contributed by atoms with E-state index in [4.69, 9.17) is 11.6 Å². The molecule has 19 heavy (non-hydrogen) atoms. The zero-order valence-corrected chi connectivity index (χ0v) is 12.5. The Morgan fingerprint density at radius 3 is 2.47 bits per heavy atom. The van der Waals surface area contributed by atoms with Gasteiger partial charge in [0, 0.05) is 6.20 Å². The Bertz CT molecular complexity index is 615. The molecular weight excluding hydrogens is 354 g/mol. The lowest BCUT2D eigenvalue weighted by Gasteiger charge is -2.05. The molecule has 2 aromatic rings. The lowest BCUT2D eigenvalue weighted by molar-refractivity contribution is 0.0848. The molecule has 0 unspecified atom stereocenters. The van der Waals surface area contributed by atoms with Crippen LogP contribution in [0.1, 0.15) is 20.0 Å². The SMILES string of the molecule is O=C(NNC(=O)c1ccc(Br)s1)c1ccc(Cl)nc1. The number of rotatable bonds is 2. The second-order valence-corrected chi connectivity index (χ2v) is 6.23. The van der Waals surface area contributed by atoms with Crippen LogP contribution in [0.4, 0.5) is 0 Å². The number of hydrogen-bond donors (Lipinski definition) is 2. The summed E-state index contributed by atoms with van der Waals surface area (Å²) in [7, 11) is 0. The molecule has 0 bridgehead atoms. The first-order chi connectivity index (χ1) is 9.06. The summed E-state index contributed by atoms with van der Waals surface area (Å²) in [5.41, 5.74) is 4.91. The normalized spacial score (nSPS) is 10.0. The van der Waals surface area contributed by atoms with Gasteiger partial charge in [-0.05, 0) is 40.2 Å². The van der Waals surface area contributed by atoms with E-state index in [1.807, 2.05) is 0 Å². The molecule has 8 heteroatoms. The van der Waals surface area contributed by atoms with Crippen LogP contribution >= 0.6 is 38.9 Å². The average molecular weight is 361 g/mol. The molecule has 0 aliphatic heterocycles. The van der Waals surface area contributed by atoms with Gasteiger partial charge in [0.05, 0.1) is 14.2 Å². The molecule has 2 heterocycles. The summed E-state index contributed by atoms with van der Waals surface area (Å²) >= 11 is 10.1.